The zero-order chi connectivity index (χ0) is 14.2. The number of amides is 1. The van der Waals surface area contributed by atoms with Gasteiger partial charge >= 0.3 is 0 Å². The number of nitrogens with one attached hydrogen (secondary N) is 2. The van der Waals surface area contributed by atoms with Crippen LogP contribution in [0.4, 0.5) is 0 Å². The van der Waals surface area contributed by atoms with E-state index in [9.17, 15) is 4.79 Å². The number of carbonyl (C=O) groups is 1. The molecule has 6 heteroatoms. The molecule has 2 aromatic heterocycles. The minimum absolute atomic E-state index is 0.0330. The fraction of sp³-hybridized carbons (Fsp3) is 0.429. The molecule has 0 bridgehead atoms. The van der Waals surface area contributed by atoms with E-state index in [1.54, 1.807) is 17.6 Å². The maximum atomic E-state index is 11.7. The first-order chi connectivity index (χ1) is 9.79. The molecule has 0 atom stereocenters. The zero-order valence-electron chi connectivity index (χ0n) is 11.5. The van der Waals surface area contributed by atoms with Gasteiger partial charge in [-0.25, -0.2) is 4.98 Å². The van der Waals surface area contributed by atoms with Gasteiger partial charge in [0.1, 0.15) is 6.26 Å². The van der Waals surface area contributed by atoms with Crippen molar-refractivity contribution in [3.05, 3.63) is 29.5 Å². The molecule has 0 aromatic carbocycles. The first-order valence-electron chi connectivity index (χ1n) is 6.75. The van der Waals surface area contributed by atoms with Crippen molar-refractivity contribution in [1.29, 1.82) is 0 Å². The normalized spacial score (nSPS) is 10.7. The Kier molecular flexibility index (Phi) is 5.76. The highest BCUT2D eigenvalue weighted by atomic mass is 32.1. The van der Waals surface area contributed by atoms with Crippen LogP contribution in [0.5, 0.6) is 0 Å². The van der Waals surface area contributed by atoms with Gasteiger partial charge < -0.3 is 15.1 Å². The Morgan fingerprint density at radius 3 is 3.05 bits per heavy atom. The van der Waals surface area contributed by atoms with Crippen LogP contribution in [-0.2, 0) is 11.2 Å². The Labute approximate surface area is 122 Å². The standard InChI is InChI=1S/C14H19N3O2S/c1-2-5-15-6-7-16-13(18)9-11-10-19-14(17-11)12-4-3-8-20-12/h3-4,8,10,15H,2,5-7,9H2,1H3,(H,16,18). The number of thiophene rings is 1. The number of hydrogen-bond acceptors (Lipinski definition) is 5. The molecule has 0 aliphatic rings. The molecule has 2 N–H and O–H groups in total. The van der Waals surface area contributed by atoms with Crippen LogP contribution in [0.2, 0.25) is 0 Å². The molecule has 1 amide bonds. The first-order valence-corrected chi connectivity index (χ1v) is 7.63. The third-order valence-corrected chi connectivity index (χ3v) is 3.53. The Bertz CT molecular complexity index is 522. The highest BCUT2D eigenvalue weighted by molar-refractivity contribution is 7.13. The van der Waals surface area contributed by atoms with E-state index in [1.807, 2.05) is 17.5 Å². The van der Waals surface area contributed by atoms with Crippen LogP contribution < -0.4 is 10.6 Å². The predicted molar refractivity (Wildman–Crippen MR) is 79.7 cm³/mol. The van der Waals surface area contributed by atoms with E-state index in [4.69, 9.17) is 4.42 Å². The fourth-order valence-electron chi connectivity index (χ4n) is 1.72. The average Bonchev–Trinajstić information content (AvgIpc) is 3.08. The van der Waals surface area contributed by atoms with Gasteiger partial charge in [-0.3, -0.25) is 4.79 Å². The molecule has 108 valence electrons. The Balaban J connectivity index is 1.74. The molecule has 0 saturated heterocycles. The van der Waals surface area contributed by atoms with Gasteiger partial charge in [0.15, 0.2) is 0 Å². The van der Waals surface area contributed by atoms with Gasteiger partial charge in [0.2, 0.25) is 11.8 Å². The molecule has 0 aliphatic heterocycles. The third-order valence-electron chi connectivity index (χ3n) is 2.68. The van der Waals surface area contributed by atoms with Crippen molar-refractivity contribution < 1.29 is 9.21 Å². The summed E-state index contributed by atoms with van der Waals surface area (Å²) in [7, 11) is 0. The minimum Gasteiger partial charge on any atom is -0.444 e. The maximum Gasteiger partial charge on any atom is 0.236 e. The summed E-state index contributed by atoms with van der Waals surface area (Å²) < 4.78 is 5.37. The number of hydrogen-bond donors (Lipinski definition) is 2. The Morgan fingerprint density at radius 2 is 2.30 bits per heavy atom. The van der Waals surface area contributed by atoms with Crippen molar-refractivity contribution in [3.63, 3.8) is 0 Å². The van der Waals surface area contributed by atoms with Gasteiger partial charge in [0.25, 0.3) is 0 Å². The average molecular weight is 293 g/mol. The second-order valence-electron chi connectivity index (χ2n) is 4.40. The molecule has 0 saturated carbocycles. The predicted octanol–water partition coefficient (Wildman–Crippen LogP) is 2.06. The number of rotatable bonds is 8. The number of aromatic nitrogens is 1. The van der Waals surface area contributed by atoms with Gasteiger partial charge in [-0.05, 0) is 24.4 Å². The van der Waals surface area contributed by atoms with Crippen LogP contribution in [0.25, 0.3) is 10.8 Å². The summed E-state index contributed by atoms with van der Waals surface area (Å²) in [5.74, 6) is 0.543. The summed E-state index contributed by atoms with van der Waals surface area (Å²) in [5.41, 5.74) is 0.660. The summed E-state index contributed by atoms with van der Waals surface area (Å²) >= 11 is 1.56. The summed E-state index contributed by atoms with van der Waals surface area (Å²) in [5, 5.41) is 8.05. The van der Waals surface area contributed by atoms with Crippen molar-refractivity contribution >= 4 is 17.2 Å². The molecule has 2 aromatic rings. The van der Waals surface area contributed by atoms with E-state index in [1.165, 1.54) is 0 Å². The Morgan fingerprint density at radius 1 is 1.40 bits per heavy atom. The first kappa shape index (κ1) is 14.7. The molecular weight excluding hydrogens is 274 g/mol. The summed E-state index contributed by atoms with van der Waals surface area (Å²) in [6.45, 7) is 4.51. The fourth-order valence-corrected chi connectivity index (χ4v) is 2.38. The van der Waals surface area contributed by atoms with Crippen molar-refractivity contribution in [2.75, 3.05) is 19.6 Å². The quantitative estimate of drug-likeness (QED) is 0.731. The highest BCUT2D eigenvalue weighted by Gasteiger charge is 2.10. The van der Waals surface area contributed by atoms with E-state index < -0.39 is 0 Å². The van der Waals surface area contributed by atoms with Gasteiger partial charge in [0, 0.05) is 13.1 Å². The SMILES string of the molecule is CCCNCCNC(=O)Cc1coc(-c2cccs2)n1. The maximum absolute atomic E-state index is 11.7. The molecule has 5 nitrogen and oxygen atoms in total. The summed E-state index contributed by atoms with van der Waals surface area (Å²) in [6, 6.07) is 3.89. The van der Waals surface area contributed by atoms with E-state index in [-0.39, 0.29) is 12.3 Å². The molecule has 0 unspecified atom stereocenters. The van der Waals surface area contributed by atoms with Crippen LogP contribution in [-0.4, -0.2) is 30.5 Å². The van der Waals surface area contributed by atoms with E-state index >= 15 is 0 Å². The van der Waals surface area contributed by atoms with Crippen LogP contribution in [0.1, 0.15) is 19.0 Å². The number of carbonyl (C=O) groups excluding carboxylic acids is 1. The van der Waals surface area contributed by atoms with E-state index in [2.05, 4.69) is 22.5 Å². The molecular formula is C14H19N3O2S. The topological polar surface area (TPSA) is 67.2 Å². The monoisotopic (exact) mass is 293 g/mol. The minimum atomic E-state index is -0.0330. The highest BCUT2D eigenvalue weighted by Crippen LogP contribution is 2.23. The molecule has 20 heavy (non-hydrogen) atoms. The van der Waals surface area contributed by atoms with Crippen LogP contribution in [0, 0.1) is 0 Å². The van der Waals surface area contributed by atoms with Gasteiger partial charge in [-0.1, -0.05) is 13.0 Å². The second-order valence-corrected chi connectivity index (χ2v) is 5.35. The Hall–Kier alpha value is -1.66. The van der Waals surface area contributed by atoms with Crippen molar-refractivity contribution in [1.82, 2.24) is 15.6 Å². The van der Waals surface area contributed by atoms with Gasteiger partial charge in [0.05, 0.1) is 17.0 Å². The molecule has 2 heterocycles. The molecule has 2 rings (SSSR count). The third kappa shape index (κ3) is 4.47. The summed E-state index contributed by atoms with van der Waals surface area (Å²) in [6.07, 6.45) is 2.89. The van der Waals surface area contributed by atoms with Crippen LogP contribution >= 0.6 is 11.3 Å². The molecule has 0 fully saturated rings. The largest absolute Gasteiger partial charge is 0.444 e. The van der Waals surface area contributed by atoms with Crippen LogP contribution in [0.3, 0.4) is 0 Å². The second kappa shape index (κ2) is 7.81. The number of oxazole rings is 1. The van der Waals surface area contributed by atoms with Crippen molar-refractivity contribution in [3.8, 4) is 10.8 Å². The van der Waals surface area contributed by atoms with Crippen molar-refractivity contribution in [2.24, 2.45) is 0 Å². The smallest absolute Gasteiger partial charge is 0.236 e. The lowest BCUT2D eigenvalue weighted by molar-refractivity contribution is -0.120. The van der Waals surface area contributed by atoms with E-state index in [0.29, 0.717) is 18.1 Å². The molecule has 0 aliphatic carbocycles. The van der Waals surface area contributed by atoms with Crippen LogP contribution in [0.15, 0.2) is 28.2 Å². The summed E-state index contributed by atoms with van der Waals surface area (Å²) in [4.78, 5) is 17.0. The van der Waals surface area contributed by atoms with Gasteiger partial charge in [-0.15, -0.1) is 11.3 Å². The lowest BCUT2D eigenvalue weighted by atomic mass is 10.3. The van der Waals surface area contributed by atoms with E-state index in [0.717, 1.165) is 24.4 Å². The molecule has 0 radical (unpaired) electrons. The van der Waals surface area contributed by atoms with Crippen molar-refractivity contribution in [2.45, 2.75) is 19.8 Å². The lowest BCUT2D eigenvalue weighted by Gasteiger charge is -2.04. The number of nitrogens with zero attached hydrogens (tertiary/aromatic N) is 1. The van der Waals surface area contributed by atoms with Gasteiger partial charge in [-0.2, -0.15) is 0 Å². The molecule has 0 spiro atoms. The zero-order valence-corrected chi connectivity index (χ0v) is 12.3. The lowest BCUT2D eigenvalue weighted by Crippen LogP contribution is -2.33.